The highest BCUT2D eigenvalue weighted by molar-refractivity contribution is 6.19. The summed E-state index contributed by atoms with van der Waals surface area (Å²) in [6.07, 6.45) is 0. The number of fused-ring (bicyclic) bond motifs is 14. The Bertz CT molecular complexity index is 3030. The summed E-state index contributed by atoms with van der Waals surface area (Å²) >= 11 is 0. The van der Waals surface area contributed by atoms with Gasteiger partial charge in [0.1, 0.15) is 12.1 Å². The molecule has 4 heteroatoms. The van der Waals surface area contributed by atoms with Crippen LogP contribution in [0.3, 0.4) is 0 Å². The highest BCUT2D eigenvalue weighted by Crippen LogP contribution is 2.55. The fourth-order valence-corrected chi connectivity index (χ4v) is 10.1. The molecule has 2 aliphatic rings. The van der Waals surface area contributed by atoms with Gasteiger partial charge in [-0.05, 0) is 80.9 Å². The number of nitriles is 2. The fourth-order valence-electron chi connectivity index (χ4n) is 10.1. The van der Waals surface area contributed by atoms with Crippen molar-refractivity contribution in [3.63, 3.8) is 0 Å². The fraction of sp³-hybridized carbons (Fsp3) is 0.120. The lowest BCUT2D eigenvalue weighted by Crippen LogP contribution is -2.14. The average Bonchev–Trinajstić information content (AvgIpc) is 3.86. The first kappa shape index (κ1) is 30.7. The smallest absolute Gasteiger partial charge is 0.101 e. The van der Waals surface area contributed by atoms with Crippen molar-refractivity contribution < 1.29 is 0 Å². The van der Waals surface area contributed by atoms with Gasteiger partial charge in [-0.25, -0.2) is 0 Å². The quantitative estimate of drug-likeness (QED) is 0.181. The van der Waals surface area contributed by atoms with Gasteiger partial charge >= 0.3 is 0 Å². The molecule has 54 heavy (non-hydrogen) atoms. The van der Waals surface area contributed by atoms with Gasteiger partial charge in [-0.1, -0.05) is 125 Å². The number of hydrogen-bond acceptors (Lipinski definition) is 2. The Balaban J connectivity index is 1.26. The van der Waals surface area contributed by atoms with E-state index in [-0.39, 0.29) is 10.8 Å². The zero-order valence-electron chi connectivity index (χ0n) is 30.5. The number of aromatic nitrogens is 2. The molecule has 0 bridgehead atoms. The highest BCUT2D eigenvalue weighted by atomic mass is 15.0. The van der Waals surface area contributed by atoms with E-state index in [1.165, 1.54) is 55.3 Å². The number of benzene rings is 7. The first-order valence-corrected chi connectivity index (χ1v) is 18.6. The second-order valence-electron chi connectivity index (χ2n) is 15.9. The molecule has 11 rings (SSSR count). The Labute approximate surface area is 313 Å². The third kappa shape index (κ3) is 3.65. The van der Waals surface area contributed by atoms with Gasteiger partial charge in [0.25, 0.3) is 0 Å². The molecule has 2 aromatic heterocycles. The number of hydrogen-bond donors (Lipinski definition) is 0. The SMILES string of the molecule is CC1(C)c2ccccc2-c2c1ccc1c2c2ccccc2n1-c1cc(-n2c3ccccc3c3c4c(ccc32)C(C)(C)c2ccccc2-4)c(C#N)cc1C#N. The second-order valence-corrected chi connectivity index (χ2v) is 15.9. The van der Waals surface area contributed by atoms with E-state index < -0.39 is 0 Å². The highest BCUT2D eigenvalue weighted by Gasteiger charge is 2.39. The molecular formula is C50H34N4. The van der Waals surface area contributed by atoms with Crippen LogP contribution in [-0.2, 0) is 10.8 Å². The molecular weight excluding hydrogens is 657 g/mol. The van der Waals surface area contributed by atoms with Crippen molar-refractivity contribution in [2.75, 3.05) is 0 Å². The molecule has 0 amide bonds. The molecule has 0 radical (unpaired) electrons. The van der Waals surface area contributed by atoms with E-state index >= 15 is 0 Å². The van der Waals surface area contributed by atoms with Crippen LogP contribution in [0.4, 0.5) is 0 Å². The van der Waals surface area contributed by atoms with Gasteiger partial charge in [-0.2, -0.15) is 10.5 Å². The van der Waals surface area contributed by atoms with Gasteiger partial charge < -0.3 is 9.13 Å². The van der Waals surface area contributed by atoms with E-state index in [9.17, 15) is 10.5 Å². The van der Waals surface area contributed by atoms with Crippen LogP contribution in [-0.4, -0.2) is 9.13 Å². The zero-order valence-corrected chi connectivity index (χ0v) is 30.5. The Morgan fingerprint density at radius 2 is 0.833 bits per heavy atom. The van der Waals surface area contributed by atoms with Crippen LogP contribution in [0.25, 0.3) is 77.2 Å². The van der Waals surface area contributed by atoms with Crippen LogP contribution in [0, 0.1) is 22.7 Å². The summed E-state index contributed by atoms with van der Waals surface area (Å²) < 4.78 is 4.48. The minimum atomic E-state index is -0.144. The van der Waals surface area contributed by atoms with Gasteiger partial charge in [-0.15, -0.1) is 0 Å². The summed E-state index contributed by atoms with van der Waals surface area (Å²) in [5.41, 5.74) is 16.5. The van der Waals surface area contributed by atoms with Crippen molar-refractivity contribution in [1.82, 2.24) is 9.13 Å². The first-order chi connectivity index (χ1) is 26.3. The van der Waals surface area contributed by atoms with Crippen LogP contribution < -0.4 is 0 Å². The van der Waals surface area contributed by atoms with Gasteiger partial charge in [0.2, 0.25) is 0 Å². The molecule has 0 unspecified atom stereocenters. The van der Waals surface area contributed by atoms with Crippen LogP contribution >= 0.6 is 0 Å². The van der Waals surface area contributed by atoms with Crippen LogP contribution in [0.1, 0.15) is 61.1 Å². The average molecular weight is 691 g/mol. The summed E-state index contributed by atoms with van der Waals surface area (Å²) in [5.74, 6) is 0. The van der Waals surface area contributed by atoms with Crippen LogP contribution in [0.2, 0.25) is 0 Å². The molecule has 7 aromatic carbocycles. The molecule has 0 atom stereocenters. The van der Waals surface area contributed by atoms with E-state index in [1.807, 2.05) is 0 Å². The third-order valence-corrected chi connectivity index (χ3v) is 12.6. The van der Waals surface area contributed by atoms with Crippen molar-refractivity contribution in [2.45, 2.75) is 38.5 Å². The van der Waals surface area contributed by atoms with Crippen LogP contribution in [0.15, 0.2) is 133 Å². The summed E-state index contributed by atoms with van der Waals surface area (Å²) in [6, 6.07) is 52.4. The van der Waals surface area contributed by atoms with Crippen molar-refractivity contribution in [2.24, 2.45) is 0 Å². The molecule has 0 N–H and O–H groups in total. The minimum absolute atomic E-state index is 0.144. The molecule has 4 nitrogen and oxygen atoms in total. The van der Waals surface area contributed by atoms with Crippen LogP contribution in [0.5, 0.6) is 0 Å². The lowest BCUT2D eigenvalue weighted by molar-refractivity contribution is 0.660. The summed E-state index contributed by atoms with van der Waals surface area (Å²) in [6.45, 7) is 9.24. The zero-order chi connectivity index (χ0) is 36.7. The molecule has 254 valence electrons. The lowest BCUT2D eigenvalue weighted by Gasteiger charge is -2.21. The topological polar surface area (TPSA) is 57.4 Å². The number of para-hydroxylation sites is 2. The van der Waals surface area contributed by atoms with E-state index in [0.29, 0.717) is 11.1 Å². The van der Waals surface area contributed by atoms with Crippen molar-refractivity contribution >= 4 is 43.6 Å². The van der Waals surface area contributed by atoms with Gasteiger partial charge in [0.15, 0.2) is 0 Å². The maximum Gasteiger partial charge on any atom is 0.101 e. The predicted molar refractivity (Wildman–Crippen MR) is 220 cm³/mol. The van der Waals surface area contributed by atoms with Gasteiger partial charge in [-0.3, -0.25) is 0 Å². The van der Waals surface area contributed by atoms with Gasteiger partial charge in [0, 0.05) is 32.4 Å². The first-order valence-electron chi connectivity index (χ1n) is 18.6. The minimum Gasteiger partial charge on any atom is -0.308 e. The van der Waals surface area contributed by atoms with Crippen molar-refractivity contribution in [3.05, 3.63) is 167 Å². The molecule has 0 aliphatic heterocycles. The molecule has 0 fully saturated rings. The summed E-state index contributed by atoms with van der Waals surface area (Å²) in [7, 11) is 0. The molecule has 2 aliphatic carbocycles. The largest absolute Gasteiger partial charge is 0.308 e. The van der Waals surface area contributed by atoms with Crippen molar-refractivity contribution in [3.8, 4) is 45.8 Å². The lowest BCUT2D eigenvalue weighted by atomic mass is 9.82. The third-order valence-electron chi connectivity index (χ3n) is 12.6. The second kappa shape index (κ2) is 10.4. The monoisotopic (exact) mass is 690 g/mol. The molecule has 0 saturated heterocycles. The molecule has 2 heterocycles. The Morgan fingerprint density at radius 1 is 0.426 bits per heavy atom. The maximum absolute atomic E-state index is 10.8. The standard InChI is InChI=1S/C50H34N4/c1-49(2)35-17-9-5-13-31(35)45-37(49)21-23-41-47(45)33-15-7-11-19-39(33)53(41)43-26-44(30(28-52)25-29(43)27-51)54-40-20-12-8-16-34(40)48-42(54)24-22-38-46(48)32-14-6-10-18-36(32)50(38,3)4/h5-26H,1-4H3. The Kier molecular flexibility index (Phi) is 5.90. The number of nitrogens with zero attached hydrogens (tertiary/aromatic N) is 4. The normalized spacial score (nSPS) is 14.6. The predicted octanol–water partition coefficient (Wildman–Crippen LogP) is 12.2. The summed E-state index contributed by atoms with van der Waals surface area (Å²) in [5, 5.41) is 26.2. The molecule has 0 spiro atoms. The molecule has 0 saturated carbocycles. The number of rotatable bonds is 2. The van der Waals surface area contributed by atoms with E-state index in [1.54, 1.807) is 6.07 Å². The Morgan fingerprint density at radius 3 is 1.28 bits per heavy atom. The van der Waals surface area contributed by atoms with E-state index in [2.05, 4.69) is 176 Å². The van der Waals surface area contributed by atoms with E-state index in [4.69, 9.17) is 0 Å². The van der Waals surface area contributed by atoms with E-state index in [0.717, 1.165) is 44.2 Å². The summed E-state index contributed by atoms with van der Waals surface area (Å²) in [4.78, 5) is 0. The molecule has 9 aromatic rings. The van der Waals surface area contributed by atoms with Crippen molar-refractivity contribution in [1.29, 1.82) is 10.5 Å². The maximum atomic E-state index is 10.8. The van der Waals surface area contributed by atoms with Gasteiger partial charge in [0.05, 0.1) is 44.6 Å². The Hall–Kier alpha value is -6.88.